The lowest BCUT2D eigenvalue weighted by molar-refractivity contribution is 0.0953. The first-order valence-electron chi connectivity index (χ1n) is 12.0. The summed E-state index contributed by atoms with van der Waals surface area (Å²) in [6.45, 7) is 5.54. The molecule has 0 saturated carbocycles. The Hall–Kier alpha value is -2.85. The van der Waals surface area contributed by atoms with Crippen molar-refractivity contribution >= 4 is 29.3 Å². The Morgan fingerprint density at radius 1 is 0.676 bits per heavy atom. The van der Waals surface area contributed by atoms with Gasteiger partial charge in [0.25, 0.3) is 5.91 Å². The molecule has 0 radical (unpaired) electrons. The Morgan fingerprint density at radius 3 is 1.56 bits per heavy atom. The Balaban J connectivity index is 2.72. The molecule has 0 saturated heterocycles. The van der Waals surface area contributed by atoms with Gasteiger partial charge in [-0.3, -0.25) is 4.79 Å². The monoisotopic (exact) mass is 477 g/mol. The minimum atomic E-state index is -0.354. The van der Waals surface area contributed by atoms with Crippen LogP contribution in [0.3, 0.4) is 0 Å². The fourth-order valence-corrected chi connectivity index (χ4v) is 3.10. The van der Waals surface area contributed by atoms with E-state index in [9.17, 15) is 14.4 Å². The van der Waals surface area contributed by atoms with E-state index < -0.39 is 0 Å². The van der Waals surface area contributed by atoms with Gasteiger partial charge in [0.15, 0.2) is 0 Å². The van der Waals surface area contributed by atoms with E-state index in [0.717, 1.165) is 45.2 Å². The number of nitrogens with zero attached hydrogens (tertiary/aromatic N) is 2. The van der Waals surface area contributed by atoms with Crippen molar-refractivity contribution in [2.75, 3.05) is 71.5 Å². The number of carbonyl (C=O) groups is 3. The molecule has 10 nitrogen and oxygen atoms in total. The highest BCUT2D eigenvalue weighted by atomic mass is 16.2. The van der Waals surface area contributed by atoms with E-state index in [1.165, 1.54) is 0 Å². The van der Waals surface area contributed by atoms with Crippen LogP contribution in [0.2, 0.25) is 0 Å². The van der Waals surface area contributed by atoms with Gasteiger partial charge in [-0.25, -0.2) is 9.59 Å². The Morgan fingerprint density at radius 2 is 1.15 bits per heavy atom. The van der Waals surface area contributed by atoms with Crippen LogP contribution >= 0.6 is 0 Å². The standard InChI is InChI=1S/C24H43N7O3/c1-6-11-25-22(32)19-16-20(28-23(33)26-12-7-9-14-30(2)3)18-21(17-19)29-24(34)27-13-8-10-15-31(4)5/h16-18H,6-15H2,1-5H3,(H,25,32)(H2,26,28,33)(H2,27,29,34). The number of unbranched alkanes of at least 4 members (excludes halogenated alkanes) is 2. The summed E-state index contributed by atoms with van der Waals surface area (Å²) in [4.78, 5) is 41.3. The molecule has 192 valence electrons. The van der Waals surface area contributed by atoms with Crippen LogP contribution in [0, 0.1) is 0 Å². The van der Waals surface area contributed by atoms with Gasteiger partial charge in [0.1, 0.15) is 0 Å². The average molecular weight is 478 g/mol. The third-order valence-corrected chi connectivity index (χ3v) is 4.88. The number of hydrogen-bond donors (Lipinski definition) is 5. The van der Waals surface area contributed by atoms with Crippen molar-refractivity contribution in [2.45, 2.75) is 39.0 Å². The zero-order chi connectivity index (χ0) is 25.3. The SMILES string of the molecule is CCCNC(=O)c1cc(NC(=O)NCCCCN(C)C)cc(NC(=O)NCCCCN(C)C)c1. The highest BCUT2D eigenvalue weighted by molar-refractivity contribution is 6.00. The summed E-state index contributed by atoms with van der Waals surface area (Å²) >= 11 is 0. The second-order valence-corrected chi connectivity index (χ2v) is 8.84. The number of amides is 5. The lowest BCUT2D eigenvalue weighted by Crippen LogP contribution is -2.31. The second kappa shape index (κ2) is 16.7. The van der Waals surface area contributed by atoms with Gasteiger partial charge in [0.05, 0.1) is 0 Å². The van der Waals surface area contributed by atoms with Gasteiger partial charge in [0.2, 0.25) is 0 Å². The Labute approximate surface area is 204 Å². The van der Waals surface area contributed by atoms with Crippen LogP contribution in [0.25, 0.3) is 0 Å². The van der Waals surface area contributed by atoms with E-state index in [-0.39, 0.29) is 18.0 Å². The molecule has 0 spiro atoms. The zero-order valence-electron chi connectivity index (χ0n) is 21.4. The third-order valence-electron chi connectivity index (χ3n) is 4.88. The van der Waals surface area contributed by atoms with Crippen LogP contribution in [-0.4, -0.2) is 88.7 Å². The molecule has 34 heavy (non-hydrogen) atoms. The van der Waals surface area contributed by atoms with Gasteiger partial charge >= 0.3 is 12.1 Å². The summed E-state index contributed by atoms with van der Waals surface area (Å²) in [6.07, 6.45) is 4.51. The Kier molecular flexibility index (Phi) is 14.3. The highest BCUT2D eigenvalue weighted by Crippen LogP contribution is 2.19. The normalized spacial score (nSPS) is 10.8. The van der Waals surface area contributed by atoms with Crippen molar-refractivity contribution in [2.24, 2.45) is 0 Å². The maximum Gasteiger partial charge on any atom is 0.319 e. The molecule has 0 fully saturated rings. The van der Waals surface area contributed by atoms with Crippen LogP contribution < -0.4 is 26.6 Å². The molecule has 1 aromatic carbocycles. The summed E-state index contributed by atoms with van der Waals surface area (Å²) in [7, 11) is 8.06. The number of urea groups is 2. The van der Waals surface area contributed by atoms with E-state index in [2.05, 4.69) is 36.4 Å². The molecule has 0 aliphatic carbocycles. The van der Waals surface area contributed by atoms with Crippen LogP contribution in [-0.2, 0) is 0 Å². The first-order valence-corrected chi connectivity index (χ1v) is 12.0. The molecule has 0 aliphatic heterocycles. The minimum absolute atomic E-state index is 0.262. The van der Waals surface area contributed by atoms with Crippen molar-refractivity contribution in [3.05, 3.63) is 23.8 Å². The molecule has 1 aromatic rings. The molecule has 1 rings (SSSR count). The number of anilines is 2. The molecule has 5 amide bonds. The van der Waals surface area contributed by atoms with Crippen molar-refractivity contribution < 1.29 is 14.4 Å². The van der Waals surface area contributed by atoms with E-state index in [4.69, 9.17) is 0 Å². The molecule has 0 heterocycles. The number of rotatable bonds is 15. The number of nitrogens with one attached hydrogen (secondary N) is 5. The van der Waals surface area contributed by atoms with Gasteiger partial charge in [0, 0.05) is 36.6 Å². The molecule has 0 aliphatic rings. The van der Waals surface area contributed by atoms with Gasteiger partial charge < -0.3 is 36.4 Å². The lowest BCUT2D eigenvalue weighted by Gasteiger charge is -2.14. The van der Waals surface area contributed by atoms with E-state index in [1.54, 1.807) is 18.2 Å². The van der Waals surface area contributed by atoms with Crippen LogP contribution in [0.15, 0.2) is 18.2 Å². The topological polar surface area (TPSA) is 118 Å². The zero-order valence-corrected chi connectivity index (χ0v) is 21.4. The first-order chi connectivity index (χ1) is 16.2. The van der Waals surface area contributed by atoms with E-state index >= 15 is 0 Å². The summed E-state index contributed by atoms with van der Waals surface area (Å²) in [5.74, 6) is -0.262. The summed E-state index contributed by atoms with van der Waals surface area (Å²) in [5.41, 5.74) is 1.21. The summed E-state index contributed by atoms with van der Waals surface area (Å²) in [6, 6.07) is 4.12. The summed E-state index contributed by atoms with van der Waals surface area (Å²) < 4.78 is 0. The van der Waals surface area contributed by atoms with Gasteiger partial charge in [-0.15, -0.1) is 0 Å². The molecule has 10 heteroatoms. The second-order valence-electron chi connectivity index (χ2n) is 8.84. The van der Waals surface area contributed by atoms with E-state index in [0.29, 0.717) is 36.6 Å². The smallest absolute Gasteiger partial charge is 0.319 e. The predicted octanol–water partition coefficient (Wildman–Crippen LogP) is 2.75. The lowest BCUT2D eigenvalue weighted by atomic mass is 10.1. The van der Waals surface area contributed by atoms with Crippen molar-refractivity contribution in [1.82, 2.24) is 25.8 Å². The van der Waals surface area contributed by atoms with E-state index in [1.807, 2.05) is 35.1 Å². The largest absolute Gasteiger partial charge is 0.352 e. The number of carbonyl (C=O) groups excluding carboxylic acids is 3. The van der Waals surface area contributed by atoms with Crippen molar-refractivity contribution in [1.29, 1.82) is 0 Å². The fraction of sp³-hybridized carbons (Fsp3) is 0.625. The molecule has 5 N–H and O–H groups in total. The quantitative estimate of drug-likeness (QED) is 0.249. The van der Waals surface area contributed by atoms with Crippen LogP contribution in [0.1, 0.15) is 49.4 Å². The van der Waals surface area contributed by atoms with Crippen molar-refractivity contribution in [3.8, 4) is 0 Å². The molecule has 0 unspecified atom stereocenters. The molecule has 0 aromatic heterocycles. The fourth-order valence-electron chi connectivity index (χ4n) is 3.10. The van der Waals surface area contributed by atoms with Crippen LogP contribution in [0.5, 0.6) is 0 Å². The van der Waals surface area contributed by atoms with Gasteiger partial charge in [-0.2, -0.15) is 0 Å². The molecular formula is C24H43N7O3. The van der Waals surface area contributed by atoms with Crippen LogP contribution in [0.4, 0.5) is 21.0 Å². The third kappa shape index (κ3) is 13.6. The Bertz CT molecular complexity index is 719. The molecule has 0 bridgehead atoms. The summed E-state index contributed by atoms with van der Waals surface area (Å²) in [5, 5.41) is 14.0. The first kappa shape index (κ1) is 29.2. The molecule has 0 atom stereocenters. The predicted molar refractivity (Wildman–Crippen MR) is 139 cm³/mol. The van der Waals surface area contributed by atoms with Gasteiger partial charge in [-0.05, 0) is 91.6 Å². The maximum absolute atomic E-state index is 12.5. The minimum Gasteiger partial charge on any atom is -0.352 e. The number of hydrogen-bond acceptors (Lipinski definition) is 5. The maximum atomic E-state index is 12.5. The molecular weight excluding hydrogens is 434 g/mol. The van der Waals surface area contributed by atoms with Gasteiger partial charge in [-0.1, -0.05) is 6.92 Å². The highest BCUT2D eigenvalue weighted by Gasteiger charge is 2.12. The van der Waals surface area contributed by atoms with Crippen molar-refractivity contribution in [3.63, 3.8) is 0 Å². The number of benzene rings is 1. The average Bonchev–Trinajstić information content (AvgIpc) is 2.76.